The van der Waals surface area contributed by atoms with E-state index in [-0.39, 0.29) is 11.9 Å². The molecule has 0 aliphatic heterocycles. The third-order valence-electron chi connectivity index (χ3n) is 2.47. The molecule has 1 aromatic carbocycles. The Morgan fingerprint density at radius 1 is 1.44 bits per heavy atom. The molecule has 1 aromatic rings. The minimum absolute atomic E-state index is 0.179. The van der Waals surface area contributed by atoms with Gasteiger partial charge >= 0.3 is 0 Å². The average Bonchev–Trinajstić information content (AvgIpc) is 2.21. The highest BCUT2D eigenvalue weighted by Gasteiger charge is 2.12. The summed E-state index contributed by atoms with van der Waals surface area (Å²) in [5, 5.41) is 0. The van der Waals surface area contributed by atoms with Crippen molar-refractivity contribution in [3.05, 3.63) is 34.1 Å². The van der Waals surface area contributed by atoms with E-state index < -0.39 is 0 Å². The monoisotopic (exact) mass is 288 g/mol. The number of benzene rings is 1. The Morgan fingerprint density at radius 2 is 2.12 bits per heavy atom. The molecule has 90 valence electrons. The van der Waals surface area contributed by atoms with Gasteiger partial charge in [-0.05, 0) is 42.5 Å². The maximum absolute atomic E-state index is 13.1. The second-order valence-electron chi connectivity index (χ2n) is 4.43. The van der Waals surface area contributed by atoms with Crippen molar-refractivity contribution in [2.24, 2.45) is 11.8 Å². The molecule has 1 unspecified atom stereocenters. The summed E-state index contributed by atoms with van der Waals surface area (Å²) >= 11 is 3.42. The van der Waals surface area contributed by atoms with Gasteiger partial charge < -0.3 is 0 Å². The van der Waals surface area contributed by atoms with E-state index in [1.165, 1.54) is 6.07 Å². The van der Waals surface area contributed by atoms with E-state index >= 15 is 0 Å². The molecule has 0 spiro atoms. The number of nitrogens with two attached hydrogens (primary N) is 1. The second-order valence-corrected chi connectivity index (χ2v) is 5.29. The quantitative estimate of drug-likeness (QED) is 0.646. The van der Waals surface area contributed by atoms with Crippen molar-refractivity contribution >= 4 is 15.9 Å². The first-order valence-corrected chi connectivity index (χ1v) is 6.22. The van der Waals surface area contributed by atoms with E-state index in [2.05, 4.69) is 35.2 Å². The Bertz CT molecular complexity index is 342. The van der Waals surface area contributed by atoms with E-state index in [9.17, 15) is 4.39 Å². The van der Waals surface area contributed by atoms with Crippen LogP contribution in [0.1, 0.15) is 25.8 Å². The zero-order chi connectivity index (χ0) is 12.1. The SMILES string of the molecule is CC(C)CC(Cc1cc(F)ccc1Br)NN. The lowest BCUT2D eigenvalue weighted by Gasteiger charge is -2.18. The van der Waals surface area contributed by atoms with Gasteiger partial charge in [-0.3, -0.25) is 11.3 Å². The molecule has 0 saturated carbocycles. The Labute approximate surface area is 105 Å². The Morgan fingerprint density at radius 3 is 2.69 bits per heavy atom. The van der Waals surface area contributed by atoms with Gasteiger partial charge in [0, 0.05) is 10.5 Å². The number of hydrogen-bond donors (Lipinski definition) is 2. The van der Waals surface area contributed by atoms with Crippen molar-refractivity contribution in [3.63, 3.8) is 0 Å². The lowest BCUT2D eigenvalue weighted by molar-refractivity contribution is 0.422. The van der Waals surface area contributed by atoms with Crippen molar-refractivity contribution in [1.82, 2.24) is 5.43 Å². The fourth-order valence-electron chi connectivity index (χ4n) is 1.74. The van der Waals surface area contributed by atoms with Crippen LogP contribution in [0.15, 0.2) is 22.7 Å². The summed E-state index contributed by atoms with van der Waals surface area (Å²) in [6, 6.07) is 4.90. The van der Waals surface area contributed by atoms with Crippen molar-refractivity contribution in [2.45, 2.75) is 32.7 Å². The normalized spacial score (nSPS) is 13.1. The predicted molar refractivity (Wildman–Crippen MR) is 68.4 cm³/mol. The molecule has 3 N–H and O–H groups in total. The maximum Gasteiger partial charge on any atom is 0.123 e. The Kier molecular flexibility index (Phi) is 5.38. The molecule has 0 heterocycles. The van der Waals surface area contributed by atoms with Crippen LogP contribution in [0.3, 0.4) is 0 Å². The van der Waals surface area contributed by atoms with E-state index in [1.807, 2.05) is 0 Å². The molecule has 0 aliphatic carbocycles. The molecule has 0 fully saturated rings. The summed E-state index contributed by atoms with van der Waals surface area (Å²) in [5.74, 6) is 5.85. The van der Waals surface area contributed by atoms with Crippen LogP contribution in [0.5, 0.6) is 0 Å². The summed E-state index contributed by atoms with van der Waals surface area (Å²) in [6.07, 6.45) is 1.70. The van der Waals surface area contributed by atoms with Crippen molar-refractivity contribution in [2.75, 3.05) is 0 Å². The minimum Gasteiger partial charge on any atom is -0.271 e. The zero-order valence-electron chi connectivity index (χ0n) is 9.63. The number of nitrogens with one attached hydrogen (secondary N) is 1. The van der Waals surface area contributed by atoms with Crippen LogP contribution in [0.25, 0.3) is 0 Å². The number of rotatable bonds is 5. The van der Waals surface area contributed by atoms with Crippen LogP contribution in [-0.4, -0.2) is 6.04 Å². The highest BCUT2D eigenvalue weighted by Crippen LogP contribution is 2.20. The third kappa shape index (κ3) is 4.20. The van der Waals surface area contributed by atoms with E-state index in [1.54, 1.807) is 12.1 Å². The van der Waals surface area contributed by atoms with Crippen molar-refractivity contribution in [1.29, 1.82) is 0 Å². The highest BCUT2D eigenvalue weighted by atomic mass is 79.9. The Hall–Kier alpha value is -0.450. The van der Waals surface area contributed by atoms with Crippen LogP contribution in [0.2, 0.25) is 0 Å². The van der Waals surface area contributed by atoms with Crippen LogP contribution >= 0.6 is 15.9 Å². The van der Waals surface area contributed by atoms with E-state index in [4.69, 9.17) is 5.84 Å². The molecule has 16 heavy (non-hydrogen) atoms. The van der Waals surface area contributed by atoms with Crippen LogP contribution < -0.4 is 11.3 Å². The van der Waals surface area contributed by atoms with Crippen molar-refractivity contribution in [3.8, 4) is 0 Å². The lowest BCUT2D eigenvalue weighted by atomic mass is 9.98. The van der Waals surface area contributed by atoms with Crippen LogP contribution in [0.4, 0.5) is 4.39 Å². The van der Waals surface area contributed by atoms with Gasteiger partial charge in [0.2, 0.25) is 0 Å². The summed E-state index contributed by atoms with van der Waals surface area (Å²) in [6.45, 7) is 4.29. The topological polar surface area (TPSA) is 38.0 Å². The van der Waals surface area contributed by atoms with Gasteiger partial charge in [0.15, 0.2) is 0 Å². The number of hydrazine groups is 1. The molecular weight excluding hydrogens is 271 g/mol. The second kappa shape index (κ2) is 6.33. The zero-order valence-corrected chi connectivity index (χ0v) is 11.2. The first-order chi connectivity index (χ1) is 7.52. The molecular formula is C12H18BrFN2. The Balaban J connectivity index is 2.73. The van der Waals surface area contributed by atoms with E-state index in [0.717, 1.165) is 22.9 Å². The highest BCUT2D eigenvalue weighted by molar-refractivity contribution is 9.10. The molecule has 2 nitrogen and oxygen atoms in total. The largest absolute Gasteiger partial charge is 0.271 e. The fraction of sp³-hybridized carbons (Fsp3) is 0.500. The fourth-order valence-corrected chi connectivity index (χ4v) is 2.15. The number of halogens is 2. The first-order valence-electron chi connectivity index (χ1n) is 5.43. The standard InChI is InChI=1S/C12H18BrFN2/c1-8(2)5-11(16-15)7-9-6-10(14)3-4-12(9)13/h3-4,6,8,11,16H,5,7,15H2,1-2H3. The smallest absolute Gasteiger partial charge is 0.123 e. The third-order valence-corrected chi connectivity index (χ3v) is 3.24. The molecule has 0 aromatic heterocycles. The van der Waals surface area contributed by atoms with Crippen molar-refractivity contribution < 1.29 is 4.39 Å². The summed E-state index contributed by atoms with van der Waals surface area (Å²) in [7, 11) is 0. The molecule has 4 heteroatoms. The summed E-state index contributed by atoms with van der Waals surface area (Å²) < 4.78 is 14.0. The predicted octanol–water partition coefficient (Wildman–Crippen LogP) is 3.01. The van der Waals surface area contributed by atoms with Gasteiger partial charge in [0.1, 0.15) is 5.82 Å². The van der Waals surface area contributed by atoms with Gasteiger partial charge in [-0.1, -0.05) is 29.8 Å². The molecule has 0 bridgehead atoms. The molecule has 0 radical (unpaired) electrons. The molecule has 0 amide bonds. The van der Waals surface area contributed by atoms with Crippen LogP contribution in [-0.2, 0) is 6.42 Å². The molecule has 1 rings (SSSR count). The average molecular weight is 289 g/mol. The van der Waals surface area contributed by atoms with Gasteiger partial charge in [-0.15, -0.1) is 0 Å². The van der Waals surface area contributed by atoms with Gasteiger partial charge in [-0.25, -0.2) is 4.39 Å². The minimum atomic E-state index is -0.210. The molecule has 1 atom stereocenters. The number of hydrogen-bond acceptors (Lipinski definition) is 2. The van der Waals surface area contributed by atoms with Gasteiger partial charge in [0.25, 0.3) is 0 Å². The summed E-state index contributed by atoms with van der Waals surface area (Å²) in [4.78, 5) is 0. The maximum atomic E-state index is 13.1. The molecule has 0 saturated heterocycles. The van der Waals surface area contributed by atoms with Gasteiger partial charge in [-0.2, -0.15) is 0 Å². The first kappa shape index (κ1) is 13.6. The van der Waals surface area contributed by atoms with Gasteiger partial charge in [0.05, 0.1) is 0 Å². The molecule has 0 aliphatic rings. The summed E-state index contributed by atoms with van der Waals surface area (Å²) in [5.41, 5.74) is 3.73. The lowest BCUT2D eigenvalue weighted by Crippen LogP contribution is -2.37. The van der Waals surface area contributed by atoms with Crippen LogP contribution in [0, 0.1) is 11.7 Å². The van der Waals surface area contributed by atoms with E-state index in [0.29, 0.717) is 5.92 Å².